The van der Waals surface area contributed by atoms with Crippen LogP contribution in [0.25, 0.3) is 0 Å². The van der Waals surface area contributed by atoms with Crippen molar-refractivity contribution in [3.8, 4) is 0 Å². The molecule has 0 radical (unpaired) electrons. The molecule has 0 amide bonds. The summed E-state index contributed by atoms with van der Waals surface area (Å²) in [7, 11) is 0. The van der Waals surface area contributed by atoms with E-state index in [0.29, 0.717) is 0 Å². The molecule has 3 N–H and O–H groups in total. The lowest BCUT2D eigenvalue weighted by molar-refractivity contribution is -0.139. The molecule has 12 heavy (non-hydrogen) atoms. The van der Waals surface area contributed by atoms with Gasteiger partial charge in [-0.1, -0.05) is 5.16 Å². The summed E-state index contributed by atoms with van der Waals surface area (Å²) in [6.45, 7) is 0. The molecule has 7 heteroatoms. The lowest BCUT2D eigenvalue weighted by Gasteiger charge is -1.93. The molecule has 0 saturated heterocycles. The van der Waals surface area contributed by atoms with Crippen molar-refractivity contribution in [2.75, 3.05) is 0 Å². The van der Waals surface area contributed by atoms with Crippen LogP contribution < -0.4 is 0 Å². The van der Waals surface area contributed by atoms with Crippen LogP contribution in [0.3, 0.4) is 0 Å². The van der Waals surface area contributed by atoms with Crippen molar-refractivity contribution in [1.29, 1.82) is 0 Å². The van der Waals surface area contributed by atoms with Crippen molar-refractivity contribution in [3.63, 3.8) is 0 Å². The molecule has 0 heterocycles. The third-order valence-electron chi connectivity index (χ3n) is 0.878. The normalized spacial score (nSPS) is 10.8. The number of hydrogen-bond donors (Lipinski definition) is 3. The largest absolute Gasteiger partial charge is 0.481 e. The van der Waals surface area contributed by atoms with Crippen molar-refractivity contribution >= 4 is 23.4 Å². The van der Waals surface area contributed by atoms with Gasteiger partial charge in [0.15, 0.2) is 0 Å². The molecule has 0 spiro atoms. The zero-order valence-corrected chi connectivity index (χ0v) is 5.72. The number of aliphatic carboxylic acids is 2. The van der Waals surface area contributed by atoms with Gasteiger partial charge in [0.05, 0.1) is 0 Å². The average molecular weight is 175 g/mol. The monoisotopic (exact) mass is 175 g/mol. The molecule has 0 unspecified atom stereocenters. The van der Waals surface area contributed by atoms with Crippen LogP contribution in [0.1, 0.15) is 6.42 Å². The van der Waals surface area contributed by atoms with E-state index < -0.39 is 29.9 Å². The topological polar surface area (TPSA) is 124 Å². The number of rotatable bonds is 4. The zero-order valence-electron chi connectivity index (χ0n) is 5.72. The number of oxime groups is 1. The number of carboxylic acids is 2. The Bertz CT molecular complexity index is 255. The minimum Gasteiger partial charge on any atom is -0.481 e. The van der Waals surface area contributed by atoms with E-state index in [-0.39, 0.29) is 0 Å². The lowest BCUT2D eigenvalue weighted by atomic mass is 10.2. The highest BCUT2D eigenvalue weighted by Crippen LogP contribution is 1.88. The van der Waals surface area contributed by atoms with Crippen molar-refractivity contribution in [3.05, 3.63) is 0 Å². The fourth-order valence-electron chi connectivity index (χ4n) is 0.439. The van der Waals surface area contributed by atoms with Crippen molar-refractivity contribution in [1.82, 2.24) is 0 Å². The predicted molar refractivity (Wildman–Crippen MR) is 34.1 cm³/mol. The summed E-state index contributed by atoms with van der Waals surface area (Å²) in [4.78, 5) is 30.5. The number of nitrogens with zero attached hydrogens (tertiary/aromatic N) is 1. The lowest BCUT2D eigenvalue weighted by Crippen LogP contribution is -2.25. The van der Waals surface area contributed by atoms with E-state index in [4.69, 9.17) is 15.4 Å². The van der Waals surface area contributed by atoms with Crippen LogP contribution in [0.5, 0.6) is 0 Å². The smallest absolute Gasteiger partial charge is 0.361 e. The molecular formula is C5H5NO6. The number of carbonyl (C=O) groups is 3. The minimum absolute atomic E-state index is 1.01. The molecule has 0 fully saturated rings. The summed E-state index contributed by atoms with van der Waals surface area (Å²) < 4.78 is 0. The van der Waals surface area contributed by atoms with Gasteiger partial charge in [-0.25, -0.2) is 4.79 Å². The minimum atomic E-state index is -1.76. The Labute approximate surface area is 65.9 Å². The maximum atomic E-state index is 10.6. The first kappa shape index (κ1) is 10.1. The molecule has 0 bridgehead atoms. The fraction of sp³-hybridized carbons (Fsp3) is 0.200. The summed E-state index contributed by atoms with van der Waals surface area (Å²) in [5.41, 5.74) is -1.18. The number of carbonyl (C=O) groups excluding carboxylic acids is 1. The van der Waals surface area contributed by atoms with Gasteiger partial charge in [0.2, 0.25) is 11.5 Å². The van der Waals surface area contributed by atoms with E-state index >= 15 is 0 Å². The van der Waals surface area contributed by atoms with Gasteiger partial charge in [0, 0.05) is 0 Å². The first-order chi connectivity index (χ1) is 5.49. The van der Waals surface area contributed by atoms with E-state index in [2.05, 4.69) is 5.16 Å². The Morgan fingerprint density at radius 2 is 1.67 bits per heavy atom. The van der Waals surface area contributed by atoms with Crippen molar-refractivity contribution in [2.45, 2.75) is 6.42 Å². The summed E-state index contributed by atoms with van der Waals surface area (Å²) in [5, 5.41) is 26.3. The molecule has 0 aliphatic heterocycles. The average Bonchev–Trinajstić information content (AvgIpc) is 1.85. The quantitative estimate of drug-likeness (QED) is 0.216. The van der Waals surface area contributed by atoms with Crippen LogP contribution in [0.15, 0.2) is 5.16 Å². The Kier molecular flexibility index (Phi) is 3.41. The maximum Gasteiger partial charge on any atom is 0.361 e. The summed E-state index contributed by atoms with van der Waals surface area (Å²) in [6.07, 6.45) is -1.01. The second kappa shape index (κ2) is 4.06. The molecular weight excluding hydrogens is 170 g/mol. The van der Waals surface area contributed by atoms with Gasteiger partial charge in [0.25, 0.3) is 0 Å². The van der Waals surface area contributed by atoms with Crippen LogP contribution in [-0.4, -0.2) is 38.9 Å². The first-order valence-corrected chi connectivity index (χ1v) is 2.69. The Balaban J connectivity index is 4.46. The molecule has 0 aromatic carbocycles. The summed E-state index contributed by atoms with van der Waals surface area (Å²) >= 11 is 0. The summed E-state index contributed by atoms with van der Waals surface area (Å²) in [6, 6.07) is 0. The van der Waals surface area contributed by atoms with Gasteiger partial charge >= 0.3 is 11.9 Å². The van der Waals surface area contributed by atoms with Crippen molar-refractivity contribution < 1.29 is 29.8 Å². The molecule has 0 aliphatic rings. The Morgan fingerprint density at radius 1 is 1.17 bits per heavy atom. The number of carboxylic acid groups (broad SMARTS) is 2. The SMILES string of the molecule is O=C(O)CC(=O)C(=NO)C(=O)O. The molecule has 0 aromatic rings. The van der Waals surface area contributed by atoms with E-state index in [0.717, 1.165) is 0 Å². The van der Waals surface area contributed by atoms with Gasteiger partial charge in [0.1, 0.15) is 6.42 Å². The van der Waals surface area contributed by atoms with E-state index in [1.807, 2.05) is 0 Å². The molecule has 0 aromatic heterocycles. The van der Waals surface area contributed by atoms with Gasteiger partial charge < -0.3 is 15.4 Å². The second-order valence-corrected chi connectivity index (χ2v) is 1.75. The Morgan fingerprint density at radius 3 is 1.92 bits per heavy atom. The molecule has 66 valence electrons. The number of hydrogen-bond acceptors (Lipinski definition) is 5. The molecule has 0 rings (SSSR count). The number of Topliss-reactive ketones (excluding diaryl/α,β-unsaturated/α-hetero) is 1. The van der Waals surface area contributed by atoms with Crippen molar-refractivity contribution in [2.24, 2.45) is 5.16 Å². The van der Waals surface area contributed by atoms with Gasteiger partial charge in [-0.2, -0.15) is 0 Å². The predicted octanol–water partition coefficient (Wildman–Crippen LogP) is -1.06. The van der Waals surface area contributed by atoms with Gasteiger partial charge in [-0.15, -0.1) is 0 Å². The highest BCUT2D eigenvalue weighted by atomic mass is 16.4. The standard InChI is InChI=1S/C5H5NO6/c7-2(1-3(8)9)4(6-12)5(10)11/h12H,1H2,(H,8,9)(H,10,11). The fourth-order valence-corrected chi connectivity index (χ4v) is 0.439. The van der Waals surface area contributed by atoms with E-state index in [9.17, 15) is 14.4 Å². The molecule has 7 nitrogen and oxygen atoms in total. The van der Waals surface area contributed by atoms with Gasteiger partial charge in [-0.3, -0.25) is 9.59 Å². The third-order valence-corrected chi connectivity index (χ3v) is 0.878. The number of ketones is 1. The van der Waals surface area contributed by atoms with E-state index in [1.54, 1.807) is 0 Å². The third kappa shape index (κ3) is 2.78. The van der Waals surface area contributed by atoms with Crippen LogP contribution in [-0.2, 0) is 14.4 Å². The highest BCUT2D eigenvalue weighted by molar-refractivity contribution is 6.64. The second-order valence-electron chi connectivity index (χ2n) is 1.75. The highest BCUT2D eigenvalue weighted by Gasteiger charge is 2.22. The molecule has 0 saturated carbocycles. The first-order valence-electron chi connectivity index (χ1n) is 2.69. The van der Waals surface area contributed by atoms with E-state index in [1.165, 1.54) is 0 Å². The van der Waals surface area contributed by atoms with Crippen LogP contribution in [0.2, 0.25) is 0 Å². The molecule has 0 atom stereocenters. The molecule has 0 aliphatic carbocycles. The Hall–Kier alpha value is -1.92. The van der Waals surface area contributed by atoms with Crippen LogP contribution in [0, 0.1) is 0 Å². The van der Waals surface area contributed by atoms with Crippen LogP contribution >= 0.6 is 0 Å². The van der Waals surface area contributed by atoms with Gasteiger partial charge in [-0.05, 0) is 0 Å². The maximum absolute atomic E-state index is 10.6. The zero-order chi connectivity index (χ0) is 9.72. The van der Waals surface area contributed by atoms with Crippen LogP contribution in [0.4, 0.5) is 0 Å². The summed E-state index contributed by atoms with van der Waals surface area (Å²) in [5.74, 6) is -4.50.